The molecule has 4 aromatic heterocycles. The number of nitrogens with one attached hydrogen (secondary N) is 1. The van der Waals surface area contributed by atoms with Crippen LogP contribution in [0, 0.1) is 6.92 Å². The molecule has 48 heavy (non-hydrogen) atoms. The first-order valence-corrected chi connectivity index (χ1v) is 16.8. The second-order valence-electron chi connectivity index (χ2n) is 11.6. The van der Waals surface area contributed by atoms with Gasteiger partial charge >= 0.3 is 0 Å². The summed E-state index contributed by atoms with van der Waals surface area (Å²) in [6.45, 7) is 5.68. The van der Waals surface area contributed by atoms with Gasteiger partial charge in [-0.3, -0.25) is 14.3 Å². The Balaban J connectivity index is 1.26. The quantitative estimate of drug-likeness (QED) is 0.237. The molecule has 2 aromatic carbocycles. The fourth-order valence-electron chi connectivity index (χ4n) is 5.57. The molecule has 0 bridgehead atoms. The van der Waals surface area contributed by atoms with Crippen LogP contribution >= 0.6 is 0 Å². The maximum Gasteiger partial charge on any atom is 0.295 e. The molecule has 1 aliphatic rings. The predicted molar refractivity (Wildman–Crippen MR) is 183 cm³/mol. The normalized spacial score (nSPS) is 13.9. The first kappa shape index (κ1) is 31.0. The van der Waals surface area contributed by atoms with Crippen molar-refractivity contribution in [2.45, 2.75) is 18.4 Å². The van der Waals surface area contributed by atoms with E-state index in [9.17, 15) is 13.2 Å². The Morgan fingerprint density at radius 2 is 1.65 bits per heavy atom. The molecule has 1 saturated heterocycles. The number of nitrogens with zero attached hydrogens (tertiary/aromatic N) is 8. The predicted octanol–water partition coefficient (Wildman–Crippen LogP) is 4.26. The summed E-state index contributed by atoms with van der Waals surface area (Å²) in [6, 6.07) is 21.4. The molecule has 0 unspecified atom stereocenters. The first-order valence-electron chi connectivity index (χ1n) is 15.4. The van der Waals surface area contributed by atoms with E-state index in [1.807, 2.05) is 37.3 Å². The van der Waals surface area contributed by atoms with E-state index in [0.29, 0.717) is 11.1 Å². The third-order valence-corrected chi connectivity index (χ3v) is 9.93. The zero-order valence-corrected chi connectivity index (χ0v) is 27.2. The topological polar surface area (TPSA) is 140 Å². The summed E-state index contributed by atoms with van der Waals surface area (Å²) >= 11 is 0. The lowest BCUT2D eigenvalue weighted by atomic mass is 10.2. The van der Waals surface area contributed by atoms with Crippen molar-refractivity contribution in [1.82, 2.24) is 33.6 Å². The lowest BCUT2D eigenvalue weighted by Crippen LogP contribution is -2.44. The maximum atomic E-state index is 14.1. The smallest absolute Gasteiger partial charge is 0.295 e. The van der Waals surface area contributed by atoms with Gasteiger partial charge in [-0.1, -0.05) is 18.2 Å². The molecule has 1 aliphatic heterocycles. The summed E-state index contributed by atoms with van der Waals surface area (Å²) in [5, 5.41) is 7.87. The number of fused-ring (bicyclic) bond motifs is 1. The van der Waals surface area contributed by atoms with Crippen LogP contribution in [0.4, 0.5) is 17.3 Å². The molecule has 0 spiro atoms. The van der Waals surface area contributed by atoms with Crippen LogP contribution in [0.5, 0.6) is 11.5 Å². The number of rotatable bonds is 9. The molecule has 7 rings (SSSR count). The molecule has 0 atom stereocenters. The molecule has 13 nitrogen and oxygen atoms in total. The Bertz CT molecular complexity index is 2250. The van der Waals surface area contributed by atoms with E-state index in [2.05, 4.69) is 49.4 Å². The van der Waals surface area contributed by atoms with Crippen molar-refractivity contribution in [1.29, 1.82) is 0 Å². The monoisotopic (exact) mass is 663 g/mol. The van der Waals surface area contributed by atoms with E-state index < -0.39 is 15.6 Å². The van der Waals surface area contributed by atoms with Gasteiger partial charge in [0.2, 0.25) is 5.95 Å². The number of piperazine rings is 1. The van der Waals surface area contributed by atoms with E-state index in [-0.39, 0.29) is 34.5 Å². The minimum atomic E-state index is -4.07. The van der Waals surface area contributed by atoms with Gasteiger partial charge in [0, 0.05) is 61.5 Å². The molecule has 0 saturated carbocycles. The highest BCUT2D eigenvalue weighted by molar-refractivity contribution is 7.89. The van der Waals surface area contributed by atoms with Crippen LogP contribution in [0.25, 0.3) is 11.0 Å². The number of ether oxygens (including phenoxy) is 1. The first-order chi connectivity index (χ1) is 23.3. The summed E-state index contributed by atoms with van der Waals surface area (Å²) in [5.74, 6) is 0.835. The fourth-order valence-corrected chi connectivity index (χ4v) is 6.84. The van der Waals surface area contributed by atoms with E-state index in [1.165, 1.54) is 35.3 Å². The molecular weight excluding hydrogens is 631 g/mol. The van der Waals surface area contributed by atoms with Crippen molar-refractivity contribution >= 4 is 38.4 Å². The molecular formula is C34H33N9O4S. The molecule has 0 amide bonds. The zero-order valence-electron chi connectivity index (χ0n) is 26.4. The van der Waals surface area contributed by atoms with Crippen LogP contribution < -0.4 is 20.5 Å². The number of pyridine rings is 2. The summed E-state index contributed by atoms with van der Waals surface area (Å²) in [6.07, 6.45) is 5.77. The van der Waals surface area contributed by atoms with E-state index in [0.717, 1.165) is 47.2 Å². The van der Waals surface area contributed by atoms with Gasteiger partial charge in [-0.15, -0.1) is 0 Å². The zero-order chi connectivity index (χ0) is 33.3. The average molecular weight is 664 g/mol. The van der Waals surface area contributed by atoms with Gasteiger partial charge in [-0.05, 0) is 74.1 Å². The number of anilines is 3. The number of hydrogen-bond acceptors (Lipinski definition) is 11. The van der Waals surface area contributed by atoms with Crippen LogP contribution in [0.3, 0.4) is 0 Å². The number of para-hydroxylation sites is 1. The second-order valence-corrected chi connectivity index (χ2v) is 13.3. The van der Waals surface area contributed by atoms with Crippen LogP contribution in [-0.4, -0.2) is 75.2 Å². The van der Waals surface area contributed by atoms with Crippen LogP contribution in [0.1, 0.15) is 11.3 Å². The largest absolute Gasteiger partial charge is 0.451 e. The number of likely N-dealkylation sites (N-methyl/N-ethyl adjacent to an activating group) is 1. The minimum Gasteiger partial charge on any atom is -0.451 e. The van der Waals surface area contributed by atoms with Gasteiger partial charge < -0.3 is 19.9 Å². The lowest BCUT2D eigenvalue weighted by Gasteiger charge is -2.34. The number of hydrogen-bond donors (Lipinski definition) is 1. The lowest BCUT2D eigenvalue weighted by molar-refractivity contribution is 0.313. The van der Waals surface area contributed by atoms with Crippen LogP contribution in [0.2, 0.25) is 0 Å². The van der Waals surface area contributed by atoms with Crippen LogP contribution in [-0.2, 0) is 16.6 Å². The van der Waals surface area contributed by atoms with Gasteiger partial charge in [-0.2, -0.15) is 22.6 Å². The Labute approximate surface area is 277 Å². The standard InChI is InChI=1S/C34H33N9O4S/c1-24-5-3-4-6-30(24)47-31-21-25-22-36-34(38-26-7-9-27(10-8-26)41-19-17-40(2)18-20-41)39-32(25)42(33(31)44)23-28-11-16-37-43(28)48(45,46)29-12-14-35-15-13-29/h3-16,21-22H,17-20,23H2,1-2H3,(H,36,38,39). The highest BCUT2D eigenvalue weighted by atomic mass is 32.2. The second kappa shape index (κ2) is 12.9. The van der Waals surface area contributed by atoms with E-state index in [1.54, 1.807) is 24.4 Å². The highest BCUT2D eigenvalue weighted by Gasteiger charge is 2.23. The molecule has 0 aliphatic carbocycles. The molecule has 5 heterocycles. The summed E-state index contributed by atoms with van der Waals surface area (Å²) < 4.78 is 35.4. The number of benzene rings is 2. The van der Waals surface area contributed by atoms with Crippen molar-refractivity contribution < 1.29 is 13.2 Å². The van der Waals surface area contributed by atoms with E-state index in [4.69, 9.17) is 9.72 Å². The molecule has 0 radical (unpaired) electrons. The van der Waals surface area contributed by atoms with Crippen molar-refractivity contribution in [2.75, 3.05) is 43.4 Å². The van der Waals surface area contributed by atoms with Gasteiger partial charge in [0.25, 0.3) is 15.6 Å². The Morgan fingerprint density at radius 3 is 2.40 bits per heavy atom. The van der Waals surface area contributed by atoms with Crippen molar-refractivity contribution in [3.63, 3.8) is 0 Å². The number of aryl methyl sites for hydroxylation is 1. The van der Waals surface area contributed by atoms with Crippen molar-refractivity contribution in [2.24, 2.45) is 0 Å². The maximum absolute atomic E-state index is 14.1. The fraction of sp³-hybridized carbons (Fsp3) is 0.206. The summed E-state index contributed by atoms with van der Waals surface area (Å²) in [7, 11) is -1.94. The van der Waals surface area contributed by atoms with Crippen molar-refractivity contribution in [3.05, 3.63) is 119 Å². The Morgan fingerprint density at radius 1 is 0.896 bits per heavy atom. The summed E-state index contributed by atoms with van der Waals surface area (Å²) in [5.41, 5.74) is 2.80. The molecule has 6 aromatic rings. The summed E-state index contributed by atoms with van der Waals surface area (Å²) in [4.78, 5) is 31.9. The molecule has 1 N–H and O–H groups in total. The van der Waals surface area contributed by atoms with E-state index >= 15 is 0 Å². The minimum absolute atomic E-state index is 0.0174. The van der Waals surface area contributed by atoms with Gasteiger partial charge in [0.1, 0.15) is 11.4 Å². The van der Waals surface area contributed by atoms with Gasteiger partial charge in [0.15, 0.2) is 5.75 Å². The van der Waals surface area contributed by atoms with Gasteiger partial charge in [0.05, 0.1) is 23.3 Å². The molecule has 244 valence electrons. The third-order valence-electron chi connectivity index (χ3n) is 8.28. The SMILES string of the molecule is Cc1ccccc1Oc1cc2cnc(Nc3ccc(N4CCN(C)CC4)cc3)nc2n(Cc2ccnn2S(=O)(=O)c2ccncc2)c1=O. The van der Waals surface area contributed by atoms with Gasteiger partial charge in [-0.25, -0.2) is 4.98 Å². The Kier molecular flexibility index (Phi) is 8.33. The molecule has 1 fully saturated rings. The van der Waals surface area contributed by atoms with Crippen LogP contribution in [0.15, 0.2) is 107 Å². The number of aromatic nitrogens is 6. The Hall–Kier alpha value is -5.60. The van der Waals surface area contributed by atoms with Crippen molar-refractivity contribution in [3.8, 4) is 11.5 Å². The molecule has 14 heteroatoms. The average Bonchev–Trinajstić information content (AvgIpc) is 3.58. The third kappa shape index (κ3) is 6.22. The highest BCUT2D eigenvalue weighted by Crippen LogP contribution is 2.27.